The molecule has 20 heavy (non-hydrogen) atoms. The predicted octanol–water partition coefficient (Wildman–Crippen LogP) is -0.246. The number of azide groups is 1. The minimum atomic E-state index is -1.12. The first kappa shape index (κ1) is 12.6. The molecular formula is C10H12N8O2. The number of fused-ring (bicyclic) bond motifs is 1. The van der Waals surface area contributed by atoms with E-state index in [1.165, 1.54) is 12.7 Å². The van der Waals surface area contributed by atoms with E-state index in [0.29, 0.717) is 11.2 Å². The maximum Gasteiger partial charge on any atom is 0.165 e. The van der Waals surface area contributed by atoms with Crippen molar-refractivity contribution in [3.8, 4) is 0 Å². The second-order valence-electron chi connectivity index (χ2n) is 4.64. The van der Waals surface area contributed by atoms with E-state index in [1.54, 1.807) is 4.57 Å². The number of nitrogens with two attached hydrogens (primary N) is 1. The van der Waals surface area contributed by atoms with E-state index in [4.69, 9.17) is 11.3 Å². The Hall–Kier alpha value is -2.42. The first-order chi connectivity index (χ1) is 9.63. The number of nitrogens with zero attached hydrogens (tertiary/aromatic N) is 7. The Labute approximate surface area is 112 Å². The van der Waals surface area contributed by atoms with Crippen LogP contribution in [0.4, 0.5) is 5.82 Å². The average Bonchev–Trinajstić information content (AvgIpc) is 2.97. The molecule has 2 heterocycles. The SMILES string of the molecule is [N-]=[N+]=N[C@@H]1[C@@H](O)[C@@H](O)C[C@@H]1n1cnc2c(N)ncnc21. The van der Waals surface area contributed by atoms with Gasteiger partial charge < -0.3 is 20.5 Å². The van der Waals surface area contributed by atoms with Crippen molar-refractivity contribution in [2.45, 2.75) is 30.7 Å². The lowest BCUT2D eigenvalue weighted by molar-refractivity contribution is 0.0363. The number of imidazole rings is 1. The standard InChI is InChI=1S/C10H12N8O2/c11-9-7-10(14-2-13-9)18(3-15-7)4-1-5(19)8(20)6(4)16-17-12/h2-6,8,19-20H,1H2,(H2,11,13,14)/t4-,5-,6-,8-/m0/s1. The summed E-state index contributed by atoms with van der Waals surface area (Å²) in [5.74, 6) is 0.244. The lowest BCUT2D eigenvalue weighted by Gasteiger charge is -2.18. The molecule has 4 atom stereocenters. The number of anilines is 1. The molecule has 0 bridgehead atoms. The van der Waals surface area contributed by atoms with Crippen LogP contribution < -0.4 is 5.73 Å². The van der Waals surface area contributed by atoms with E-state index in [-0.39, 0.29) is 12.2 Å². The van der Waals surface area contributed by atoms with Crippen LogP contribution in [-0.4, -0.2) is 48.0 Å². The monoisotopic (exact) mass is 276 g/mol. The van der Waals surface area contributed by atoms with Gasteiger partial charge in [0.1, 0.15) is 11.8 Å². The van der Waals surface area contributed by atoms with E-state index in [0.717, 1.165) is 0 Å². The van der Waals surface area contributed by atoms with Crippen LogP contribution in [0.1, 0.15) is 12.5 Å². The molecule has 0 amide bonds. The molecule has 104 valence electrons. The van der Waals surface area contributed by atoms with E-state index < -0.39 is 24.3 Å². The molecule has 1 aliphatic rings. The van der Waals surface area contributed by atoms with Crippen LogP contribution in [0.2, 0.25) is 0 Å². The summed E-state index contributed by atoms with van der Waals surface area (Å²) < 4.78 is 1.64. The molecule has 1 fully saturated rings. The van der Waals surface area contributed by atoms with Gasteiger partial charge in [-0.15, -0.1) is 0 Å². The van der Waals surface area contributed by atoms with Gasteiger partial charge in [-0.05, 0) is 12.0 Å². The molecule has 0 unspecified atom stereocenters. The number of nitrogen functional groups attached to an aromatic ring is 1. The molecule has 0 saturated heterocycles. The molecular weight excluding hydrogens is 264 g/mol. The number of hydrogen-bond acceptors (Lipinski definition) is 7. The van der Waals surface area contributed by atoms with Crippen molar-refractivity contribution in [3.05, 3.63) is 23.1 Å². The molecule has 10 nitrogen and oxygen atoms in total. The Bertz CT molecular complexity index is 694. The van der Waals surface area contributed by atoms with Crippen LogP contribution in [0.5, 0.6) is 0 Å². The third-order valence-corrected chi connectivity index (χ3v) is 3.55. The number of aromatic nitrogens is 4. The van der Waals surface area contributed by atoms with Gasteiger partial charge in [0.05, 0.1) is 30.6 Å². The minimum Gasteiger partial charge on any atom is -0.390 e. The maximum atomic E-state index is 9.88. The molecule has 1 saturated carbocycles. The summed E-state index contributed by atoms with van der Waals surface area (Å²) in [6, 6.07) is -1.22. The summed E-state index contributed by atoms with van der Waals surface area (Å²) in [7, 11) is 0. The van der Waals surface area contributed by atoms with Gasteiger partial charge in [0.25, 0.3) is 0 Å². The van der Waals surface area contributed by atoms with Gasteiger partial charge >= 0.3 is 0 Å². The highest BCUT2D eigenvalue weighted by Gasteiger charge is 2.42. The fourth-order valence-corrected chi connectivity index (χ4v) is 2.58. The van der Waals surface area contributed by atoms with Crippen molar-refractivity contribution >= 4 is 17.0 Å². The summed E-state index contributed by atoms with van der Waals surface area (Å²) in [5, 5.41) is 23.2. The minimum absolute atomic E-state index is 0.236. The van der Waals surface area contributed by atoms with Crippen molar-refractivity contribution in [1.82, 2.24) is 19.5 Å². The highest BCUT2D eigenvalue weighted by atomic mass is 16.3. The largest absolute Gasteiger partial charge is 0.390 e. The quantitative estimate of drug-likeness (QED) is 0.389. The second kappa shape index (κ2) is 4.60. The van der Waals surface area contributed by atoms with E-state index in [1.807, 2.05) is 0 Å². The number of rotatable bonds is 2. The zero-order chi connectivity index (χ0) is 14.3. The van der Waals surface area contributed by atoms with Gasteiger partial charge in [0.2, 0.25) is 0 Å². The summed E-state index contributed by atoms with van der Waals surface area (Å²) in [4.78, 5) is 14.8. The Kier molecular flexibility index (Phi) is 2.90. The number of aliphatic hydroxyl groups is 2. The second-order valence-corrected chi connectivity index (χ2v) is 4.64. The van der Waals surface area contributed by atoms with Gasteiger partial charge in [0, 0.05) is 4.91 Å². The zero-order valence-corrected chi connectivity index (χ0v) is 10.3. The maximum absolute atomic E-state index is 9.88. The molecule has 0 aliphatic heterocycles. The van der Waals surface area contributed by atoms with Crippen molar-refractivity contribution < 1.29 is 10.2 Å². The van der Waals surface area contributed by atoms with Crippen LogP contribution in [0, 0.1) is 0 Å². The Morgan fingerprint density at radius 1 is 1.40 bits per heavy atom. The summed E-state index contributed by atoms with van der Waals surface area (Å²) >= 11 is 0. The number of aliphatic hydroxyl groups excluding tert-OH is 2. The molecule has 1 aliphatic carbocycles. The molecule has 2 aromatic heterocycles. The number of hydrogen-bond donors (Lipinski definition) is 3. The third-order valence-electron chi connectivity index (χ3n) is 3.55. The summed E-state index contributed by atoms with van der Waals surface area (Å²) in [6.45, 7) is 0. The summed E-state index contributed by atoms with van der Waals surface area (Å²) in [5.41, 5.74) is 15.2. The average molecular weight is 276 g/mol. The van der Waals surface area contributed by atoms with Crippen molar-refractivity contribution in [2.24, 2.45) is 5.11 Å². The molecule has 3 rings (SSSR count). The molecule has 0 radical (unpaired) electrons. The lowest BCUT2D eigenvalue weighted by atomic mass is 10.1. The molecule has 4 N–H and O–H groups in total. The first-order valence-electron chi connectivity index (χ1n) is 5.97. The fraction of sp³-hybridized carbons (Fsp3) is 0.500. The van der Waals surface area contributed by atoms with Gasteiger partial charge in [-0.25, -0.2) is 15.0 Å². The fourth-order valence-electron chi connectivity index (χ4n) is 2.58. The molecule has 0 aromatic carbocycles. The van der Waals surface area contributed by atoms with Gasteiger partial charge in [0.15, 0.2) is 11.5 Å². The van der Waals surface area contributed by atoms with Crippen molar-refractivity contribution in [2.75, 3.05) is 5.73 Å². The van der Waals surface area contributed by atoms with Crippen LogP contribution in [-0.2, 0) is 0 Å². The first-order valence-corrected chi connectivity index (χ1v) is 5.97. The van der Waals surface area contributed by atoms with Crippen LogP contribution in [0.3, 0.4) is 0 Å². The highest BCUT2D eigenvalue weighted by Crippen LogP contribution is 2.35. The Morgan fingerprint density at radius 2 is 2.20 bits per heavy atom. The van der Waals surface area contributed by atoms with E-state index in [9.17, 15) is 10.2 Å². The molecule has 0 spiro atoms. The summed E-state index contributed by atoms with van der Waals surface area (Å²) in [6.07, 6.45) is 0.950. The van der Waals surface area contributed by atoms with E-state index in [2.05, 4.69) is 25.0 Å². The lowest BCUT2D eigenvalue weighted by Crippen LogP contribution is -2.29. The van der Waals surface area contributed by atoms with Crippen LogP contribution >= 0.6 is 0 Å². The molecule has 2 aromatic rings. The molecule has 10 heteroatoms. The van der Waals surface area contributed by atoms with Crippen molar-refractivity contribution in [1.29, 1.82) is 0 Å². The van der Waals surface area contributed by atoms with E-state index >= 15 is 0 Å². The smallest absolute Gasteiger partial charge is 0.165 e. The van der Waals surface area contributed by atoms with Gasteiger partial charge in [-0.2, -0.15) is 0 Å². The van der Waals surface area contributed by atoms with Gasteiger partial charge in [-0.1, -0.05) is 5.11 Å². The predicted molar refractivity (Wildman–Crippen MR) is 68.3 cm³/mol. The van der Waals surface area contributed by atoms with Crippen LogP contribution in [0.25, 0.3) is 21.6 Å². The van der Waals surface area contributed by atoms with Crippen LogP contribution in [0.15, 0.2) is 17.8 Å². The zero-order valence-electron chi connectivity index (χ0n) is 10.3. The Balaban J connectivity index is 2.10. The third kappa shape index (κ3) is 1.74. The topological polar surface area (TPSA) is 159 Å². The normalized spacial score (nSPS) is 29.5. The highest BCUT2D eigenvalue weighted by molar-refractivity contribution is 5.81. The Morgan fingerprint density at radius 3 is 2.95 bits per heavy atom. The van der Waals surface area contributed by atoms with Crippen molar-refractivity contribution in [3.63, 3.8) is 0 Å². The van der Waals surface area contributed by atoms with Gasteiger partial charge in [-0.3, -0.25) is 0 Å².